The molecule has 0 heterocycles. The highest BCUT2D eigenvalue weighted by molar-refractivity contribution is 5.45. The second-order valence-electron chi connectivity index (χ2n) is 5.42. The van der Waals surface area contributed by atoms with Crippen molar-refractivity contribution in [1.29, 1.82) is 0 Å². The van der Waals surface area contributed by atoms with Gasteiger partial charge in [-0.25, -0.2) is 0 Å². The maximum Gasteiger partial charge on any atom is 0.161 e. The average molecular weight is 248 g/mol. The standard InChI is InChI=1S/C16H24O2/c1-4-18-14-9-8-13(12-15(14)17-3)16(2)10-6-5-7-11-16/h8-9,12H,4-7,10-11H2,1-3H3. The number of ether oxygens (including phenoxy) is 2. The number of hydrogen-bond donors (Lipinski definition) is 0. The smallest absolute Gasteiger partial charge is 0.161 e. The highest BCUT2D eigenvalue weighted by Gasteiger charge is 2.29. The maximum absolute atomic E-state index is 5.58. The minimum absolute atomic E-state index is 0.316. The van der Waals surface area contributed by atoms with Crippen LogP contribution in [0, 0.1) is 0 Å². The largest absolute Gasteiger partial charge is 0.493 e. The quantitative estimate of drug-likeness (QED) is 0.790. The zero-order chi connectivity index (χ0) is 13.0. The lowest BCUT2D eigenvalue weighted by molar-refractivity contribution is 0.303. The van der Waals surface area contributed by atoms with Crippen molar-refractivity contribution in [3.05, 3.63) is 23.8 Å². The molecule has 0 amide bonds. The Morgan fingerprint density at radius 2 is 1.83 bits per heavy atom. The summed E-state index contributed by atoms with van der Waals surface area (Å²) in [5.41, 5.74) is 1.71. The Labute approximate surface area is 110 Å². The summed E-state index contributed by atoms with van der Waals surface area (Å²) in [7, 11) is 1.71. The molecule has 0 atom stereocenters. The molecule has 1 saturated carbocycles. The van der Waals surface area contributed by atoms with Crippen LogP contribution < -0.4 is 9.47 Å². The zero-order valence-corrected chi connectivity index (χ0v) is 11.8. The summed E-state index contributed by atoms with van der Waals surface area (Å²) in [6, 6.07) is 6.42. The minimum Gasteiger partial charge on any atom is -0.493 e. The normalized spacial score (nSPS) is 18.4. The lowest BCUT2D eigenvalue weighted by Gasteiger charge is -2.34. The lowest BCUT2D eigenvalue weighted by Crippen LogP contribution is -2.24. The molecule has 100 valence electrons. The molecule has 0 unspecified atom stereocenters. The first-order valence-corrected chi connectivity index (χ1v) is 7.01. The summed E-state index contributed by atoms with van der Waals surface area (Å²) in [6.07, 6.45) is 6.62. The summed E-state index contributed by atoms with van der Waals surface area (Å²) < 4.78 is 11.0. The topological polar surface area (TPSA) is 18.5 Å². The molecule has 1 aromatic carbocycles. The van der Waals surface area contributed by atoms with Gasteiger partial charge in [0.05, 0.1) is 13.7 Å². The highest BCUT2D eigenvalue weighted by atomic mass is 16.5. The molecule has 1 aliphatic rings. The predicted molar refractivity (Wildman–Crippen MR) is 74.6 cm³/mol. The number of rotatable bonds is 4. The van der Waals surface area contributed by atoms with Gasteiger partial charge in [-0.15, -0.1) is 0 Å². The minimum atomic E-state index is 0.316. The number of methoxy groups -OCH3 is 1. The van der Waals surface area contributed by atoms with Crippen LogP contribution in [-0.2, 0) is 5.41 Å². The van der Waals surface area contributed by atoms with E-state index in [-0.39, 0.29) is 0 Å². The van der Waals surface area contributed by atoms with Crippen molar-refractivity contribution in [2.75, 3.05) is 13.7 Å². The third-order valence-electron chi connectivity index (χ3n) is 4.12. The van der Waals surface area contributed by atoms with Crippen molar-refractivity contribution in [2.24, 2.45) is 0 Å². The second-order valence-corrected chi connectivity index (χ2v) is 5.42. The monoisotopic (exact) mass is 248 g/mol. The van der Waals surface area contributed by atoms with Crippen LogP contribution in [-0.4, -0.2) is 13.7 Å². The molecule has 1 fully saturated rings. The van der Waals surface area contributed by atoms with E-state index in [0.717, 1.165) is 11.5 Å². The zero-order valence-electron chi connectivity index (χ0n) is 11.8. The van der Waals surface area contributed by atoms with Crippen LogP contribution in [0.2, 0.25) is 0 Å². The summed E-state index contributed by atoms with van der Waals surface area (Å²) >= 11 is 0. The Morgan fingerprint density at radius 3 is 2.44 bits per heavy atom. The average Bonchev–Trinajstić information content (AvgIpc) is 2.40. The third kappa shape index (κ3) is 2.63. The molecule has 0 bridgehead atoms. The maximum atomic E-state index is 5.58. The van der Waals surface area contributed by atoms with Gasteiger partial charge in [0.15, 0.2) is 11.5 Å². The summed E-state index contributed by atoms with van der Waals surface area (Å²) in [5.74, 6) is 1.71. The van der Waals surface area contributed by atoms with Gasteiger partial charge in [0.2, 0.25) is 0 Å². The van der Waals surface area contributed by atoms with Gasteiger partial charge in [-0.05, 0) is 42.9 Å². The molecule has 0 aromatic heterocycles. The Kier molecular flexibility index (Phi) is 4.15. The molecule has 18 heavy (non-hydrogen) atoms. The molecular weight excluding hydrogens is 224 g/mol. The van der Waals surface area contributed by atoms with Gasteiger partial charge in [0.25, 0.3) is 0 Å². The van der Waals surface area contributed by atoms with Crippen molar-refractivity contribution in [1.82, 2.24) is 0 Å². The third-order valence-corrected chi connectivity index (χ3v) is 4.12. The summed E-state index contributed by atoms with van der Waals surface area (Å²) in [4.78, 5) is 0. The first kappa shape index (κ1) is 13.3. The van der Waals surface area contributed by atoms with Gasteiger partial charge in [-0.3, -0.25) is 0 Å². The molecule has 2 rings (SSSR count). The van der Waals surface area contributed by atoms with Crippen LogP contribution in [0.4, 0.5) is 0 Å². The molecule has 0 saturated heterocycles. The van der Waals surface area contributed by atoms with Crippen LogP contribution in [0.25, 0.3) is 0 Å². The van der Waals surface area contributed by atoms with Crippen molar-refractivity contribution >= 4 is 0 Å². The first-order valence-electron chi connectivity index (χ1n) is 7.01. The van der Waals surface area contributed by atoms with Gasteiger partial charge in [0, 0.05) is 0 Å². The Morgan fingerprint density at radius 1 is 1.11 bits per heavy atom. The van der Waals surface area contributed by atoms with Crippen LogP contribution in [0.15, 0.2) is 18.2 Å². The van der Waals surface area contributed by atoms with Crippen molar-refractivity contribution in [3.63, 3.8) is 0 Å². The molecule has 0 N–H and O–H groups in total. The van der Waals surface area contributed by atoms with E-state index in [2.05, 4.69) is 25.1 Å². The van der Waals surface area contributed by atoms with E-state index >= 15 is 0 Å². The summed E-state index contributed by atoms with van der Waals surface area (Å²) in [6.45, 7) is 5.05. The molecule has 1 aliphatic carbocycles. The highest BCUT2D eigenvalue weighted by Crippen LogP contribution is 2.41. The van der Waals surface area contributed by atoms with Gasteiger partial charge >= 0.3 is 0 Å². The van der Waals surface area contributed by atoms with Gasteiger partial charge in [0.1, 0.15) is 0 Å². The van der Waals surface area contributed by atoms with Crippen LogP contribution in [0.5, 0.6) is 11.5 Å². The lowest BCUT2D eigenvalue weighted by atomic mass is 9.71. The fourth-order valence-electron chi connectivity index (χ4n) is 2.94. The number of benzene rings is 1. The van der Waals surface area contributed by atoms with Gasteiger partial charge < -0.3 is 9.47 Å². The Balaban J connectivity index is 2.28. The summed E-state index contributed by atoms with van der Waals surface area (Å²) in [5, 5.41) is 0. The van der Waals surface area contributed by atoms with Crippen LogP contribution in [0.1, 0.15) is 51.5 Å². The molecule has 0 aliphatic heterocycles. The van der Waals surface area contributed by atoms with E-state index in [0.29, 0.717) is 12.0 Å². The van der Waals surface area contributed by atoms with Gasteiger partial charge in [-0.1, -0.05) is 32.3 Å². The van der Waals surface area contributed by atoms with Crippen molar-refractivity contribution in [2.45, 2.75) is 51.4 Å². The van der Waals surface area contributed by atoms with Crippen LogP contribution >= 0.6 is 0 Å². The Bertz CT molecular complexity index is 392. The van der Waals surface area contributed by atoms with E-state index in [1.165, 1.54) is 37.7 Å². The molecule has 2 heteroatoms. The molecular formula is C16H24O2. The van der Waals surface area contributed by atoms with Gasteiger partial charge in [-0.2, -0.15) is 0 Å². The van der Waals surface area contributed by atoms with Crippen molar-refractivity contribution < 1.29 is 9.47 Å². The number of hydrogen-bond acceptors (Lipinski definition) is 2. The predicted octanol–water partition coefficient (Wildman–Crippen LogP) is 4.32. The second kappa shape index (κ2) is 5.64. The Hall–Kier alpha value is -1.18. The van der Waals surface area contributed by atoms with E-state index in [1.807, 2.05) is 6.92 Å². The SMILES string of the molecule is CCOc1ccc(C2(C)CCCCC2)cc1OC. The fraction of sp³-hybridized carbons (Fsp3) is 0.625. The molecule has 2 nitrogen and oxygen atoms in total. The van der Waals surface area contributed by atoms with E-state index in [9.17, 15) is 0 Å². The molecule has 1 aromatic rings. The molecule has 0 radical (unpaired) electrons. The van der Waals surface area contributed by atoms with Crippen LogP contribution in [0.3, 0.4) is 0 Å². The van der Waals surface area contributed by atoms with E-state index < -0.39 is 0 Å². The van der Waals surface area contributed by atoms with E-state index in [1.54, 1.807) is 7.11 Å². The van der Waals surface area contributed by atoms with Crippen molar-refractivity contribution in [3.8, 4) is 11.5 Å². The first-order chi connectivity index (χ1) is 8.69. The van der Waals surface area contributed by atoms with E-state index in [4.69, 9.17) is 9.47 Å². The fourth-order valence-corrected chi connectivity index (χ4v) is 2.94. The molecule has 0 spiro atoms.